The lowest BCUT2D eigenvalue weighted by atomic mass is 9.54. The van der Waals surface area contributed by atoms with Gasteiger partial charge in [0.2, 0.25) is 0 Å². The van der Waals surface area contributed by atoms with E-state index in [-0.39, 0.29) is 40.7 Å². The van der Waals surface area contributed by atoms with Crippen LogP contribution in [0.15, 0.2) is 41.0 Å². The summed E-state index contributed by atoms with van der Waals surface area (Å²) < 4.78 is 33.0. The summed E-state index contributed by atoms with van der Waals surface area (Å²) >= 11 is 0. The highest BCUT2D eigenvalue weighted by Crippen LogP contribution is 2.66. The molecule has 3 saturated carbocycles. The molecule has 0 unspecified atom stereocenters. The van der Waals surface area contributed by atoms with Crippen molar-refractivity contribution in [3.05, 3.63) is 52.1 Å². The summed E-state index contributed by atoms with van der Waals surface area (Å²) in [6.45, 7) is 14.8. The normalized spacial score (nSPS) is 30.4. The van der Waals surface area contributed by atoms with E-state index in [4.69, 9.17) is 0 Å². The molecule has 5 heteroatoms. The smallest absolute Gasteiger partial charge is 0.336 e. The minimum absolute atomic E-state index is 0.00359. The summed E-state index contributed by atoms with van der Waals surface area (Å²) in [5.74, 6) is 0.118. The van der Waals surface area contributed by atoms with E-state index in [1.165, 1.54) is 54.4 Å². The Kier molecular flexibility index (Phi) is 9.40. The highest BCUT2D eigenvalue weighted by molar-refractivity contribution is 6.90. The number of halogens is 2. The fourth-order valence-corrected chi connectivity index (χ4v) is 16.8. The van der Waals surface area contributed by atoms with Crippen LogP contribution in [0.4, 0.5) is 8.78 Å². The second-order valence-corrected chi connectivity index (χ2v) is 22.6. The summed E-state index contributed by atoms with van der Waals surface area (Å²) in [4.78, 5) is 13.5. The number of fused-ring (bicyclic) bond motifs is 4. The average Bonchev–Trinajstić information content (AvgIpc) is 3.33. The van der Waals surface area contributed by atoms with Gasteiger partial charge in [-0.15, -0.1) is 5.54 Å². The number of benzene rings is 1. The second kappa shape index (κ2) is 12.7. The largest absolute Gasteiger partial charge is 0.382 e. The summed E-state index contributed by atoms with van der Waals surface area (Å²) in [5, 5.41) is 12.1. The van der Waals surface area contributed by atoms with E-state index in [0.29, 0.717) is 31.6 Å². The Morgan fingerprint density at radius 1 is 0.830 bits per heavy atom. The van der Waals surface area contributed by atoms with E-state index in [1.54, 1.807) is 0 Å². The molecule has 6 rings (SSSR count). The Morgan fingerprint density at radius 3 is 2.09 bits per heavy atom. The first-order valence-electron chi connectivity index (χ1n) is 18.9. The molecule has 2 nitrogen and oxygen atoms in total. The van der Waals surface area contributed by atoms with Crippen molar-refractivity contribution in [3.8, 4) is 11.5 Å². The predicted molar refractivity (Wildman–Crippen MR) is 192 cm³/mol. The molecule has 0 aromatic heterocycles. The zero-order valence-electron chi connectivity index (χ0n) is 30.1. The predicted octanol–water partition coefficient (Wildman–Crippen LogP) is 11.4. The lowest BCUT2D eigenvalue weighted by molar-refractivity contribution is -0.207. The van der Waals surface area contributed by atoms with Gasteiger partial charge in [0.15, 0.2) is 5.78 Å². The number of ketones is 1. The van der Waals surface area contributed by atoms with Gasteiger partial charge in [-0.2, -0.15) is 8.78 Å². The fraction of sp³-hybridized carbons (Fsp3) is 0.690. The SMILES string of the molecule is CC(C)[Si](C#CC(F)(F)[C@]1(O)CC[C@H]2[C@@H]3CCC4=C(c5ccc(C6CCCCC6)cc5)C(=O)CCC4=C3CC[C@@]21C)(C(C)C)C(C)C. The first-order chi connectivity index (χ1) is 22.2. The van der Waals surface area contributed by atoms with Gasteiger partial charge in [0.1, 0.15) is 13.7 Å². The lowest BCUT2D eigenvalue weighted by Gasteiger charge is -2.53. The highest BCUT2D eigenvalue weighted by Gasteiger charge is 2.70. The van der Waals surface area contributed by atoms with Gasteiger partial charge in [-0.3, -0.25) is 4.79 Å². The van der Waals surface area contributed by atoms with Crippen LogP contribution in [0.3, 0.4) is 0 Å². The highest BCUT2D eigenvalue weighted by atomic mass is 28.3. The Balaban J connectivity index is 1.31. The van der Waals surface area contributed by atoms with Crippen molar-refractivity contribution >= 4 is 19.4 Å². The molecular weight excluding hydrogens is 603 g/mol. The number of aliphatic hydroxyl groups is 1. The van der Waals surface area contributed by atoms with E-state index in [0.717, 1.165) is 30.4 Å². The molecule has 1 aromatic carbocycles. The molecule has 0 amide bonds. The molecule has 4 atom stereocenters. The molecule has 0 bridgehead atoms. The van der Waals surface area contributed by atoms with Crippen LogP contribution < -0.4 is 0 Å². The number of hydrogen-bond acceptors (Lipinski definition) is 2. The molecule has 0 spiro atoms. The van der Waals surface area contributed by atoms with Gasteiger partial charge < -0.3 is 5.11 Å². The van der Waals surface area contributed by atoms with Crippen molar-refractivity contribution < 1.29 is 18.7 Å². The average molecular weight is 661 g/mol. The van der Waals surface area contributed by atoms with Crippen molar-refractivity contribution in [1.82, 2.24) is 0 Å². The Bertz CT molecular complexity index is 1480. The zero-order chi connectivity index (χ0) is 33.9. The summed E-state index contributed by atoms with van der Waals surface area (Å²) in [5.41, 5.74) is 8.25. The topological polar surface area (TPSA) is 37.3 Å². The third-order valence-corrected chi connectivity index (χ3v) is 20.5. The van der Waals surface area contributed by atoms with Gasteiger partial charge in [-0.05, 0) is 120 Å². The number of carbonyl (C=O) groups is 1. The molecule has 1 N–H and O–H groups in total. The monoisotopic (exact) mass is 660 g/mol. The van der Waals surface area contributed by atoms with Gasteiger partial charge in [0.25, 0.3) is 0 Å². The Morgan fingerprint density at radius 2 is 1.47 bits per heavy atom. The minimum atomic E-state index is -3.47. The summed E-state index contributed by atoms with van der Waals surface area (Å²) in [6.07, 6.45) is 11.3. The standard InChI is InChI=1S/C42H58F2O2Si/c1-27(2)47(28(3)4,29(5)6)26-25-42(43,44)41(46)24-22-37-35-17-18-36-33(34(35)21-23-40(37,41)7)19-20-38(45)39(36)32-15-13-31(14-16-32)30-11-9-8-10-12-30/h13-16,27-30,35,37,46H,8-12,17-24H2,1-7H3/t35-,37+,40+,41+/m1/s1. The molecule has 0 heterocycles. The molecule has 5 aliphatic rings. The van der Waals surface area contributed by atoms with Gasteiger partial charge in [-0.1, -0.05) is 97.6 Å². The molecule has 5 aliphatic carbocycles. The van der Waals surface area contributed by atoms with E-state index in [9.17, 15) is 9.90 Å². The van der Waals surface area contributed by atoms with Crippen LogP contribution in [0, 0.1) is 28.7 Å². The molecule has 1 aromatic rings. The number of carbonyl (C=O) groups excluding carboxylic acids is 1. The first kappa shape index (κ1) is 34.8. The molecule has 256 valence electrons. The van der Waals surface area contributed by atoms with Crippen molar-refractivity contribution in [2.75, 3.05) is 0 Å². The third kappa shape index (κ3) is 5.47. The number of hydrogen-bond donors (Lipinski definition) is 1. The third-order valence-electron chi connectivity index (χ3n) is 14.2. The lowest BCUT2D eigenvalue weighted by Crippen LogP contribution is -2.59. The van der Waals surface area contributed by atoms with E-state index in [1.807, 2.05) is 6.92 Å². The maximum Gasteiger partial charge on any atom is 0.336 e. The van der Waals surface area contributed by atoms with Crippen LogP contribution >= 0.6 is 0 Å². The van der Waals surface area contributed by atoms with Crippen LogP contribution in [0.25, 0.3) is 5.57 Å². The number of Topliss-reactive ketones (excluding diaryl/α,β-unsaturated/α-hetero) is 1. The number of allylic oxidation sites excluding steroid dienone is 4. The van der Waals surface area contributed by atoms with Gasteiger partial charge in [0.05, 0.1) is 0 Å². The first-order valence-corrected chi connectivity index (χ1v) is 21.1. The van der Waals surface area contributed by atoms with Crippen molar-refractivity contribution in [2.45, 2.75) is 166 Å². The number of rotatable bonds is 6. The molecule has 47 heavy (non-hydrogen) atoms. The Hall–Kier alpha value is -2.03. The second-order valence-electron chi connectivity index (χ2n) is 17.0. The molecule has 0 radical (unpaired) electrons. The Labute approximate surface area is 284 Å². The van der Waals surface area contributed by atoms with Crippen LogP contribution in [0.2, 0.25) is 16.6 Å². The minimum Gasteiger partial charge on any atom is -0.382 e. The van der Waals surface area contributed by atoms with Crippen molar-refractivity contribution in [2.24, 2.45) is 17.3 Å². The fourth-order valence-electron chi connectivity index (χ4n) is 11.6. The summed E-state index contributed by atoms with van der Waals surface area (Å²) in [6, 6.07) is 8.86. The zero-order valence-corrected chi connectivity index (χ0v) is 31.1. The summed E-state index contributed by atoms with van der Waals surface area (Å²) in [7, 11) is -2.38. The molecule has 0 aliphatic heterocycles. The van der Waals surface area contributed by atoms with E-state index < -0.39 is 25.0 Å². The molecule has 3 fully saturated rings. The molecule has 0 saturated heterocycles. The maximum atomic E-state index is 16.5. The maximum absolute atomic E-state index is 16.5. The van der Waals surface area contributed by atoms with Crippen LogP contribution in [0.5, 0.6) is 0 Å². The van der Waals surface area contributed by atoms with Gasteiger partial charge >= 0.3 is 5.92 Å². The number of alkyl halides is 2. The van der Waals surface area contributed by atoms with Crippen molar-refractivity contribution in [1.29, 1.82) is 0 Å². The molecular formula is C42H58F2O2Si. The van der Waals surface area contributed by atoms with Crippen LogP contribution in [-0.4, -0.2) is 30.5 Å². The van der Waals surface area contributed by atoms with Crippen LogP contribution in [0.1, 0.15) is 149 Å². The van der Waals surface area contributed by atoms with Crippen molar-refractivity contribution in [3.63, 3.8) is 0 Å². The van der Waals surface area contributed by atoms with Crippen LogP contribution in [-0.2, 0) is 4.79 Å². The quantitative estimate of drug-likeness (QED) is 0.244. The van der Waals surface area contributed by atoms with Gasteiger partial charge in [0, 0.05) is 17.4 Å². The van der Waals surface area contributed by atoms with E-state index in [2.05, 4.69) is 77.3 Å². The van der Waals surface area contributed by atoms with E-state index >= 15 is 8.78 Å². The van der Waals surface area contributed by atoms with Gasteiger partial charge in [-0.25, -0.2) is 0 Å².